The van der Waals surface area contributed by atoms with Crippen molar-refractivity contribution in [1.29, 1.82) is 0 Å². The predicted molar refractivity (Wildman–Crippen MR) is 36.7 cm³/mol. The van der Waals surface area contributed by atoms with Gasteiger partial charge in [0.2, 0.25) is 0 Å². The van der Waals surface area contributed by atoms with Crippen LogP contribution < -0.4 is 29.6 Å². The first kappa shape index (κ1) is 15.2. The maximum atomic E-state index is 10.3. The minimum Gasteiger partial charge on any atom is -0.184 e. The quantitative estimate of drug-likeness (QED) is 0.324. The van der Waals surface area contributed by atoms with E-state index in [9.17, 15) is 17.6 Å². The zero-order valence-electron chi connectivity index (χ0n) is 6.90. The van der Waals surface area contributed by atoms with E-state index in [2.05, 4.69) is 6.07 Å². The number of benzene rings is 1. The summed E-state index contributed by atoms with van der Waals surface area (Å²) >= 11 is 0. The van der Waals surface area contributed by atoms with Crippen molar-refractivity contribution in [2.45, 2.75) is 0 Å². The van der Waals surface area contributed by atoms with Crippen LogP contribution in [-0.2, 0) is 0 Å². The van der Waals surface area contributed by atoms with Crippen LogP contribution in [0.3, 0.4) is 0 Å². The average Bonchev–Trinajstić information content (AvgIpc) is 2.08. The Kier molecular flexibility index (Phi) is 11.4. The molecule has 0 saturated heterocycles. The summed E-state index contributed by atoms with van der Waals surface area (Å²) in [4.78, 5) is 0. The van der Waals surface area contributed by atoms with E-state index in [-0.39, 0.29) is 29.6 Å². The molecule has 0 saturated carbocycles. The van der Waals surface area contributed by atoms with Gasteiger partial charge in [-0.05, 0) is 0 Å². The summed E-state index contributed by atoms with van der Waals surface area (Å²) in [7, 11) is 0. The van der Waals surface area contributed by atoms with Gasteiger partial charge in [-0.2, -0.15) is 54.0 Å². The zero-order valence-corrected chi connectivity index (χ0v) is 8.90. The van der Waals surface area contributed by atoms with Crippen LogP contribution in [0.15, 0.2) is 42.5 Å². The summed E-state index contributed by atoms with van der Waals surface area (Å²) in [6.45, 7) is 0. The van der Waals surface area contributed by atoms with E-state index in [1.807, 2.05) is 30.3 Å². The Hall–Kier alpha value is -0.320. The van der Waals surface area contributed by atoms with Crippen molar-refractivity contribution in [1.82, 2.24) is 0 Å². The first-order valence-electron chi connectivity index (χ1n) is 2.92. The van der Waals surface area contributed by atoms with E-state index in [1.165, 1.54) is 0 Å². The molecule has 0 heterocycles. The van der Waals surface area contributed by atoms with Gasteiger partial charge in [0.25, 0.3) is 0 Å². The van der Waals surface area contributed by atoms with Crippen molar-refractivity contribution >= 4 is 0 Å². The number of halogens is 4. The molecule has 0 fully saturated rings. The Labute approximate surface area is 95.6 Å². The van der Waals surface area contributed by atoms with Gasteiger partial charge >= 0.3 is 41.7 Å². The van der Waals surface area contributed by atoms with Crippen LogP contribution in [0.25, 0.3) is 0 Å². The second-order valence-corrected chi connectivity index (χ2v) is 1.60. The van der Waals surface area contributed by atoms with Gasteiger partial charge in [-0.25, -0.2) is 0 Å². The summed E-state index contributed by atoms with van der Waals surface area (Å²) in [5.41, 5.74) is 0. The summed E-state index contributed by atoms with van der Waals surface area (Å²) < 4.78 is 41.1. The van der Waals surface area contributed by atoms with Gasteiger partial charge in [-0.15, -0.1) is 0 Å². The third kappa shape index (κ3) is 11.7. The van der Waals surface area contributed by atoms with Crippen LogP contribution in [0.5, 0.6) is 0 Å². The topological polar surface area (TPSA) is 0 Å². The van der Waals surface area contributed by atoms with E-state index in [1.54, 1.807) is 0 Å². The Bertz CT molecular complexity index is 190. The smallest absolute Gasteiger partial charge is 0.184 e. The van der Waals surface area contributed by atoms with Crippen molar-refractivity contribution in [3.8, 4) is 0 Å². The third-order valence-electron chi connectivity index (χ3n) is 0.750. The van der Waals surface area contributed by atoms with Gasteiger partial charge in [0, 0.05) is 0 Å². The van der Waals surface area contributed by atoms with Gasteiger partial charge in [-0.3, -0.25) is 0 Å². The molecule has 66 valence electrons. The van der Waals surface area contributed by atoms with Crippen molar-refractivity contribution in [2.75, 3.05) is 0 Å². The molecule has 0 N–H and O–H groups in total. The molecule has 1 rings (SSSR count). The first-order valence-corrected chi connectivity index (χ1v) is 2.92. The van der Waals surface area contributed by atoms with E-state index in [0.717, 1.165) is 0 Å². The van der Waals surface area contributed by atoms with E-state index in [4.69, 9.17) is 0 Å². The molecule has 0 aromatic heterocycles. The maximum Gasteiger partial charge on any atom is 1.00 e. The molecule has 0 aliphatic rings. The molecule has 0 aliphatic carbocycles. The van der Waals surface area contributed by atoms with E-state index < -0.39 is 12.2 Å². The molecule has 0 atom stereocenters. The molecule has 13 heavy (non-hydrogen) atoms. The number of hydrogen-bond acceptors (Lipinski definition) is 0. The summed E-state index contributed by atoms with van der Waals surface area (Å²) in [5.74, 6) is 0. The minimum atomic E-state index is -2.91. The second kappa shape index (κ2) is 9.77. The molecular weight excluding hydrogens is 195 g/mol. The molecule has 0 radical (unpaired) electrons. The molecule has 5 heteroatoms. The average molecular weight is 200 g/mol. The molecule has 0 amide bonds. The van der Waals surface area contributed by atoms with Gasteiger partial charge in [0.15, 0.2) is 0 Å². The van der Waals surface area contributed by atoms with Crippen molar-refractivity contribution in [3.63, 3.8) is 0 Å². The number of hydrogen-bond donors (Lipinski definition) is 0. The van der Waals surface area contributed by atoms with Crippen LogP contribution in [0.4, 0.5) is 17.6 Å². The SMILES string of the molecule is FC(F)=C(F)F.[Na+].[c-]1ccccc1. The molecule has 1 aromatic rings. The van der Waals surface area contributed by atoms with Gasteiger partial charge in [-0.1, -0.05) is 0 Å². The monoisotopic (exact) mass is 200 g/mol. The van der Waals surface area contributed by atoms with Crippen LogP contribution in [-0.4, -0.2) is 0 Å². The molecule has 0 bridgehead atoms. The van der Waals surface area contributed by atoms with Crippen molar-refractivity contribution < 1.29 is 47.1 Å². The largest absolute Gasteiger partial charge is 1.00 e. The van der Waals surface area contributed by atoms with Gasteiger partial charge < -0.3 is 0 Å². The Morgan fingerprint density at radius 3 is 1.23 bits per heavy atom. The summed E-state index contributed by atoms with van der Waals surface area (Å²) in [5, 5.41) is 0. The fraction of sp³-hybridized carbons (Fsp3) is 0. The van der Waals surface area contributed by atoms with Crippen LogP contribution in [0, 0.1) is 6.07 Å². The number of rotatable bonds is 0. The molecular formula is C8H5F4Na. The van der Waals surface area contributed by atoms with E-state index >= 15 is 0 Å². The maximum absolute atomic E-state index is 10.3. The van der Waals surface area contributed by atoms with Gasteiger partial charge in [0.05, 0.1) is 0 Å². The van der Waals surface area contributed by atoms with Crippen molar-refractivity contribution in [2.24, 2.45) is 0 Å². The fourth-order valence-corrected chi connectivity index (χ4v) is 0.342. The Morgan fingerprint density at radius 2 is 1.15 bits per heavy atom. The Balaban J connectivity index is 0. The Morgan fingerprint density at radius 1 is 0.769 bits per heavy atom. The van der Waals surface area contributed by atoms with Gasteiger partial charge in [0.1, 0.15) is 0 Å². The third-order valence-corrected chi connectivity index (χ3v) is 0.750. The normalized spacial score (nSPS) is 7.38. The zero-order chi connectivity index (χ0) is 9.40. The fourth-order valence-electron chi connectivity index (χ4n) is 0.342. The molecule has 1 aromatic carbocycles. The summed E-state index contributed by atoms with van der Waals surface area (Å²) in [6, 6.07) is 12.5. The standard InChI is InChI=1S/C6H5.C2F4.Na/c1-2-4-6-5-3-1;3-1(4)2(5)6;/h1-5H;;/q-1;;+1. The van der Waals surface area contributed by atoms with Crippen molar-refractivity contribution in [3.05, 3.63) is 48.6 Å². The molecule has 0 unspecified atom stereocenters. The van der Waals surface area contributed by atoms with Crippen LogP contribution in [0.2, 0.25) is 0 Å². The first-order chi connectivity index (χ1) is 5.64. The van der Waals surface area contributed by atoms with Crippen LogP contribution in [0.1, 0.15) is 0 Å². The summed E-state index contributed by atoms with van der Waals surface area (Å²) in [6.07, 6.45) is -5.81. The second-order valence-electron chi connectivity index (χ2n) is 1.60. The molecule has 0 spiro atoms. The molecule has 0 aliphatic heterocycles. The molecule has 0 nitrogen and oxygen atoms in total. The minimum absolute atomic E-state index is 0. The van der Waals surface area contributed by atoms with E-state index in [0.29, 0.717) is 0 Å². The van der Waals surface area contributed by atoms with Crippen LogP contribution >= 0.6 is 0 Å². The predicted octanol–water partition coefficient (Wildman–Crippen LogP) is 0.482.